The van der Waals surface area contributed by atoms with Crippen molar-refractivity contribution < 1.29 is 13.7 Å². The largest absolute Gasteiger partial charge is 0.368 e. The first-order valence-corrected chi connectivity index (χ1v) is 7.89. The monoisotopic (exact) mass is 372 g/mol. The molecule has 0 fully saturated rings. The van der Waals surface area contributed by atoms with Crippen molar-refractivity contribution in [2.75, 3.05) is 23.7 Å². The van der Waals surface area contributed by atoms with Crippen LogP contribution in [0.2, 0.25) is 0 Å². The molecule has 0 aliphatic carbocycles. The van der Waals surface area contributed by atoms with E-state index in [0.29, 0.717) is 24.6 Å². The Bertz CT molecular complexity index is 952. The zero-order valence-corrected chi connectivity index (χ0v) is 13.9. The molecular formula is C17H14F2N6O2. The van der Waals surface area contributed by atoms with E-state index in [1.165, 1.54) is 36.7 Å². The molecule has 138 valence electrons. The van der Waals surface area contributed by atoms with Crippen LogP contribution in [0.15, 0.2) is 48.8 Å². The number of benzene rings is 1. The van der Waals surface area contributed by atoms with Crippen LogP contribution in [0.3, 0.4) is 0 Å². The molecule has 0 bridgehead atoms. The highest BCUT2D eigenvalue weighted by Crippen LogP contribution is 2.22. The van der Waals surface area contributed by atoms with Gasteiger partial charge in [-0.3, -0.25) is 10.1 Å². The van der Waals surface area contributed by atoms with Crippen LogP contribution >= 0.6 is 0 Å². The van der Waals surface area contributed by atoms with Gasteiger partial charge in [-0.05, 0) is 24.3 Å². The Balaban J connectivity index is 1.56. The van der Waals surface area contributed by atoms with Gasteiger partial charge in [-0.1, -0.05) is 0 Å². The number of nitrogens with zero attached hydrogens (tertiary/aromatic N) is 4. The van der Waals surface area contributed by atoms with Crippen LogP contribution in [-0.4, -0.2) is 33.0 Å². The Morgan fingerprint density at radius 2 is 1.85 bits per heavy atom. The minimum absolute atomic E-state index is 0.0862. The molecule has 8 nitrogen and oxygen atoms in total. The Labute approximate surface area is 152 Å². The average Bonchev–Trinajstić information content (AvgIpc) is 2.66. The van der Waals surface area contributed by atoms with Crippen molar-refractivity contribution >= 4 is 17.5 Å². The van der Waals surface area contributed by atoms with Gasteiger partial charge in [0.15, 0.2) is 0 Å². The van der Waals surface area contributed by atoms with Gasteiger partial charge in [0.1, 0.15) is 23.6 Å². The van der Waals surface area contributed by atoms with E-state index < -0.39 is 16.6 Å². The molecule has 0 atom stereocenters. The summed E-state index contributed by atoms with van der Waals surface area (Å²) in [4.78, 5) is 22.2. The molecule has 10 heteroatoms. The van der Waals surface area contributed by atoms with E-state index in [1.807, 2.05) is 0 Å². The Morgan fingerprint density at radius 1 is 1.04 bits per heavy atom. The smallest absolute Gasteiger partial charge is 0.287 e. The van der Waals surface area contributed by atoms with Crippen LogP contribution in [0.25, 0.3) is 11.3 Å². The number of anilines is 2. The summed E-state index contributed by atoms with van der Waals surface area (Å²) in [6.45, 7) is 0.872. The van der Waals surface area contributed by atoms with Crippen LogP contribution in [0.1, 0.15) is 0 Å². The molecule has 0 aliphatic rings. The standard InChI is InChI=1S/C17H14F2N6O2/c18-11-1-3-13(14(19)9-11)15-5-6-21-17(24-15)22-8-7-20-16-4-2-12(10-23-16)25(26)27/h1-6,9-10H,7-8H2,(H,20,23)(H,21,22,24). The van der Waals surface area contributed by atoms with Crippen molar-refractivity contribution in [1.29, 1.82) is 0 Å². The first-order chi connectivity index (χ1) is 13.0. The summed E-state index contributed by atoms with van der Waals surface area (Å²) in [6, 6.07) is 7.67. The van der Waals surface area contributed by atoms with Crippen molar-refractivity contribution in [3.05, 3.63) is 70.5 Å². The number of hydrogen-bond donors (Lipinski definition) is 2. The number of rotatable bonds is 7. The second-order valence-corrected chi connectivity index (χ2v) is 5.40. The second-order valence-electron chi connectivity index (χ2n) is 5.40. The van der Waals surface area contributed by atoms with Crippen molar-refractivity contribution in [1.82, 2.24) is 15.0 Å². The van der Waals surface area contributed by atoms with Gasteiger partial charge in [-0.2, -0.15) is 0 Å². The highest BCUT2D eigenvalue weighted by atomic mass is 19.1. The topological polar surface area (TPSA) is 106 Å². The summed E-state index contributed by atoms with van der Waals surface area (Å²) < 4.78 is 26.9. The lowest BCUT2D eigenvalue weighted by atomic mass is 10.1. The van der Waals surface area contributed by atoms with E-state index in [-0.39, 0.29) is 17.2 Å². The maximum atomic E-state index is 13.9. The molecule has 0 amide bonds. The van der Waals surface area contributed by atoms with Gasteiger partial charge in [0, 0.05) is 37.0 Å². The van der Waals surface area contributed by atoms with Gasteiger partial charge in [0.2, 0.25) is 5.95 Å². The molecule has 2 aromatic heterocycles. The fourth-order valence-electron chi connectivity index (χ4n) is 2.25. The number of halogens is 2. The fraction of sp³-hybridized carbons (Fsp3) is 0.118. The number of pyridine rings is 1. The Morgan fingerprint density at radius 3 is 2.56 bits per heavy atom. The normalized spacial score (nSPS) is 10.4. The van der Waals surface area contributed by atoms with Gasteiger partial charge >= 0.3 is 0 Å². The molecule has 0 saturated heterocycles. The third-order valence-electron chi connectivity index (χ3n) is 3.54. The molecule has 3 rings (SSSR count). The number of hydrogen-bond acceptors (Lipinski definition) is 7. The minimum Gasteiger partial charge on any atom is -0.368 e. The number of nitrogens with one attached hydrogen (secondary N) is 2. The van der Waals surface area contributed by atoms with Gasteiger partial charge < -0.3 is 10.6 Å². The van der Waals surface area contributed by atoms with Crippen molar-refractivity contribution in [3.8, 4) is 11.3 Å². The molecule has 0 spiro atoms. The predicted molar refractivity (Wildman–Crippen MR) is 95.3 cm³/mol. The SMILES string of the molecule is O=[N+]([O-])c1ccc(NCCNc2nccc(-c3ccc(F)cc3F)n2)nc1. The van der Waals surface area contributed by atoms with Crippen LogP contribution in [0.5, 0.6) is 0 Å². The molecular weight excluding hydrogens is 358 g/mol. The Hall–Kier alpha value is -3.69. The predicted octanol–water partition coefficient (Wildman–Crippen LogP) is 3.25. The molecule has 1 aromatic carbocycles. The van der Waals surface area contributed by atoms with Crippen LogP contribution in [0.4, 0.5) is 26.2 Å². The van der Waals surface area contributed by atoms with Crippen molar-refractivity contribution in [2.24, 2.45) is 0 Å². The van der Waals surface area contributed by atoms with Crippen LogP contribution in [0, 0.1) is 21.7 Å². The lowest BCUT2D eigenvalue weighted by Gasteiger charge is -2.08. The molecule has 27 heavy (non-hydrogen) atoms. The third-order valence-corrected chi connectivity index (χ3v) is 3.54. The van der Waals surface area contributed by atoms with Crippen molar-refractivity contribution in [3.63, 3.8) is 0 Å². The lowest BCUT2D eigenvalue weighted by molar-refractivity contribution is -0.385. The van der Waals surface area contributed by atoms with Gasteiger partial charge in [-0.25, -0.2) is 23.7 Å². The summed E-state index contributed by atoms with van der Waals surface area (Å²) in [7, 11) is 0. The zero-order chi connectivity index (χ0) is 19.2. The van der Waals surface area contributed by atoms with Gasteiger partial charge in [0.25, 0.3) is 5.69 Å². The van der Waals surface area contributed by atoms with Gasteiger partial charge in [0.05, 0.1) is 10.6 Å². The molecule has 0 aliphatic heterocycles. The van der Waals surface area contributed by atoms with E-state index in [4.69, 9.17) is 0 Å². The summed E-state index contributed by atoms with van der Waals surface area (Å²) in [5.74, 6) is -0.583. The molecule has 0 radical (unpaired) electrons. The maximum absolute atomic E-state index is 13.9. The second kappa shape index (κ2) is 8.13. The lowest BCUT2D eigenvalue weighted by Crippen LogP contribution is -2.15. The highest BCUT2D eigenvalue weighted by Gasteiger charge is 2.09. The summed E-state index contributed by atoms with van der Waals surface area (Å²) >= 11 is 0. The van der Waals surface area contributed by atoms with Crippen molar-refractivity contribution in [2.45, 2.75) is 0 Å². The number of aromatic nitrogens is 3. The summed E-state index contributed by atoms with van der Waals surface area (Å²) in [6.07, 6.45) is 2.64. The van der Waals surface area contributed by atoms with E-state index in [9.17, 15) is 18.9 Å². The van der Waals surface area contributed by atoms with Gasteiger partial charge in [-0.15, -0.1) is 0 Å². The molecule has 3 aromatic rings. The molecule has 2 heterocycles. The maximum Gasteiger partial charge on any atom is 0.287 e. The van der Waals surface area contributed by atoms with Crippen LogP contribution in [-0.2, 0) is 0 Å². The zero-order valence-electron chi connectivity index (χ0n) is 13.9. The number of nitro groups is 1. The minimum atomic E-state index is -0.703. The molecule has 2 N–H and O–H groups in total. The average molecular weight is 372 g/mol. The first-order valence-electron chi connectivity index (χ1n) is 7.89. The quantitative estimate of drug-likeness (QED) is 0.372. The van der Waals surface area contributed by atoms with E-state index >= 15 is 0 Å². The summed E-state index contributed by atoms with van der Waals surface area (Å²) in [5.41, 5.74) is 0.418. The van der Waals surface area contributed by atoms with E-state index in [2.05, 4.69) is 25.6 Å². The molecule has 0 unspecified atom stereocenters. The highest BCUT2D eigenvalue weighted by molar-refractivity contribution is 5.60. The molecule has 0 saturated carbocycles. The fourth-order valence-corrected chi connectivity index (χ4v) is 2.25. The van der Waals surface area contributed by atoms with E-state index in [1.54, 1.807) is 0 Å². The summed E-state index contributed by atoms with van der Waals surface area (Å²) in [5, 5.41) is 16.5. The first kappa shape index (κ1) is 18.1. The third kappa shape index (κ3) is 4.69. The Kier molecular flexibility index (Phi) is 5.45. The van der Waals surface area contributed by atoms with E-state index in [0.717, 1.165) is 12.1 Å². The van der Waals surface area contributed by atoms with Crippen LogP contribution < -0.4 is 10.6 Å².